The van der Waals surface area contributed by atoms with Crippen molar-refractivity contribution in [3.05, 3.63) is 91.9 Å². The van der Waals surface area contributed by atoms with E-state index in [-0.39, 0.29) is 86.9 Å². The molecule has 0 bridgehead atoms. The Hall–Kier alpha value is -4.34. The quantitative estimate of drug-likeness (QED) is 0.0361. The van der Waals surface area contributed by atoms with Gasteiger partial charge in [0, 0.05) is 50.4 Å². The number of rotatable bonds is 15. The van der Waals surface area contributed by atoms with Crippen LogP contribution < -0.4 is 0 Å². The maximum atomic E-state index is 13.4. The molecule has 0 spiro atoms. The Balaban J connectivity index is 0.000000120. The van der Waals surface area contributed by atoms with Crippen molar-refractivity contribution < 1.29 is 85.1 Å². The molecule has 2 aromatic rings. The lowest BCUT2D eigenvalue weighted by molar-refractivity contribution is -0.282. The third kappa shape index (κ3) is 20.9. The van der Waals surface area contributed by atoms with Crippen molar-refractivity contribution in [1.82, 2.24) is 24.5 Å². The molecular weight excluding hydrogens is 1930 g/mol. The highest BCUT2D eigenvalue weighted by Gasteiger charge is 2.69. The number of fused-ring (bicyclic) bond motifs is 25. The fourth-order valence-corrected chi connectivity index (χ4v) is 41.6. The third-order valence-electron chi connectivity index (χ3n) is 47.7. The highest BCUT2D eigenvalue weighted by Crippen LogP contribution is 2.74. The smallest absolute Gasteiger partial charge is 0.395 e. The van der Waals surface area contributed by atoms with Crippen LogP contribution in [0.2, 0.25) is 0 Å². The molecule has 0 radical (unpaired) electrons. The summed E-state index contributed by atoms with van der Waals surface area (Å²) in [5.41, 5.74) is -1.26. The zero-order chi connectivity index (χ0) is 104. The molecule has 0 amide bonds. The molecule has 40 atom stereocenters. The molecule has 24 heteroatoms. The fourth-order valence-electron chi connectivity index (χ4n) is 41.2. The Morgan fingerprint density at radius 3 is 0.945 bits per heavy atom. The minimum absolute atomic E-state index is 0.0144. The second-order valence-corrected chi connectivity index (χ2v) is 54.4. The van der Waals surface area contributed by atoms with Crippen LogP contribution >= 0.6 is 15.9 Å². The number of aliphatic hydroxyl groups is 8. The summed E-state index contributed by atoms with van der Waals surface area (Å²) in [4.78, 5) is 4.21. The van der Waals surface area contributed by atoms with E-state index in [1.54, 1.807) is 13.3 Å². The topological polar surface area (TPSA) is 220 Å². The normalized spacial score (nSPS) is 46.5. The second-order valence-electron chi connectivity index (χ2n) is 53.8. The number of alkyl halides is 10. The van der Waals surface area contributed by atoms with E-state index in [0.717, 1.165) is 193 Å². The number of aliphatic hydroxyl groups excluding tert-OH is 3. The molecule has 0 aliphatic heterocycles. The van der Waals surface area contributed by atoms with E-state index in [2.05, 4.69) is 133 Å². The summed E-state index contributed by atoms with van der Waals surface area (Å²) in [5.74, 6) is 29.3. The van der Waals surface area contributed by atoms with Gasteiger partial charge in [-0.1, -0.05) is 129 Å². The predicted octanol–water partition coefficient (Wildman–Crippen LogP) is 26.4. The zero-order valence-corrected chi connectivity index (χ0v) is 90.5. The van der Waals surface area contributed by atoms with Crippen LogP contribution in [0.4, 0.5) is 39.5 Å². The first-order chi connectivity index (χ1) is 69.2. The standard InChI is InChI=1S/C28H40N2O2.C27H39N3O2.C23H35F3O2.C22H32BrF3O.C22H33F3O2/c1-20(18-30-15-14-29-19-30)25-7-8-26-24-6-5-21-17-28(32,11-3-4-16-31)13-10-22(21)23(24)9-12-27(25,26)2;1-19(18-30-15-14-28-29-30)24-7-8-25-23-6-5-20-17-27(32,11-3-4-16-31)13-10-21(20)22(23)9-12-26(24,25)2;1-14(13-28-3)19-6-7-20-18-5-4-15-12-22(27,23(24,25)26)11-9-16(15)17(18)8-10-21(19,20)2;1-13(12-23)18-5-6-19-17-4-3-14-11-21(27,22(24,25)26)10-8-15(14)16(17)7-9-20(18,19)2;1-13(12-26)18-5-6-19-17-4-3-14-11-21(27,22(23,24)25)10-8-15(14)16(17)7-9-20(18,19)2/h14-15,19,21-26,31-32H,1,4-10,12-13,16-18H2,2H3;14-15,20-25,31-32H,1,4-10,12-13,16-18H2,2H3;15-20,27H,1,4-13H2,2-3H3;14-19,27H,1,3-12H2,2H3;14-19,26-27H,1,3-12H2,2H3/t21-,22+,23?,24-,25-,26+,27-,28-;20-,21+,22?,23-,24-,25+,26-,27-;15-,16+,17?,18-,19-,20+,21-,22-;2*14-,15+,16?,17-,18-,19+,20-,21-/m11111/s1. The summed E-state index contributed by atoms with van der Waals surface area (Å²) in [6.07, 6.45) is 38.7. The number of ether oxygens (including phenoxy) is 1. The monoisotopic (exact) mass is 2110 g/mol. The number of methoxy groups -OCH3 is 1. The van der Waals surface area contributed by atoms with Crippen molar-refractivity contribution in [3.8, 4) is 23.7 Å². The zero-order valence-electron chi connectivity index (χ0n) is 88.9. The van der Waals surface area contributed by atoms with Crippen LogP contribution in [0, 0.1) is 228 Å². The summed E-state index contributed by atoms with van der Waals surface area (Å²) in [7, 11) is 1.73. The highest BCUT2D eigenvalue weighted by atomic mass is 79.9. The molecule has 2 aromatic heterocycles. The van der Waals surface area contributed by atoms with Gasteiger partial charge in [0.1, 0.15) is 11.2 Å². The summed E-state index contributed by atoms with van der Waals surface area (Å²) < 4.78 is 129. The van der Waals surface area contributed by atoms with E-state index < -0.39 is 46.5 Å². The molecule has 14 nitrogen and oxygen atoms in total. The maximum Gasteiger partial charge on any atom is 0.417 e. The molecule has 2 heterocycles. The van der Waals surface area contributed by atoms with Gasteiger partial charge in [-0.25, -0.2) is 9.67 Å². The van der Waals surface area contributed by atoms with E-state index in [4.69, 9.17) is 14.9 Å². The van der Waals surface area contributed by atoms with Gasteiger partial charge >= 0.3 is 18.5 Å². The Bertz CT molecular complexity index is 4760. The lowest BCUT2D eigenvalue weighted by Crippen LogP contribution is -2.55. The molecule has 20 aliphatic rings. The molecule has 20 fully saturated rings. The molecule has 5 unspecified atom stereocenters. The Morgan fingerprint density at radius 1 is 0.356 bits per heavy atom. The molecule has 20 aliphatic carbocycles. The SMILES string of the molecule is C=C(CBr)[C@H]1CC[C@H]2[C@@H]3CC[C@@H]4C[C@@](O)(C(F)(F)F)CC[C@@H]4C3CC[C@]12C.C=C(CO)[C@H]1CC[C@H]2[C@@H]3CC[C@@H]4C[C@@](O)(C(F)(F)F)CC[C@@H]4C3CC[C@]12C.C=C(COC)[C@H]1CC[C@H]2[C@@H]3CC[C@@H]4C[C@@](O)(C(F)(F)F)CC[C@@H]4C3CC[C@]12C.C=C(Cn1ccnc1)[C@H]1CC[C@H]2[C@@H]3CC[C@@H]4C[C@@](O)(C#CCCO)CC[C@@H]4C3CC[C@]12C.C=C(Cn1ccnn1)[C@H]1CC[C@H]2[C@@H]3CC[C@@H]4C[C@@](O)(C#CCCO)CC[C@@H]4C3CC[C@]12C. The number of nitrogens with zero attached hydrogens (tertiary/aromatic N) is 5. The lowest BCUT2D eigenvalue weighted by atomic mass is 9.48. The first-order valence-corrected chi connectivity index (χ1v) is 59.2. The second kappa shape index (κ2) is 43.3. The Morgan fingerprint density at radius 2 is 0.658 bits per heavy atom. The van der Waals surface area contributed by atoms with Gasteiger partial charge in [0.2, 0.25) is 0 Å². The van der Waals surface area contributed by atoms with E-state index >= 15 is 0 Å². The van der Waals surface area contributed by atoms with E-state index in [0.29, 0.717) is 167 Å². The van der Waals surface area contributed by atoms with Crippen LogP contribution in [0.25, 0.3) is 0 Å². The van der Waals surface area contributed by atoms with Crippen LogP contribution in [0.5, 0.6) is 0 Å². The summed E-state index contributed by atoms with van der Waals surface area (Å²) in [5, 5.41) is 89.4. The van der Waals surface area contributed by atoms with Gasteiger partial charge in [-0.2, -0.15) is 39.5 Å². The predicted molar refractivity (Wildman–Crippen MR) is 556 cm³/mol. The van der Waals surface area contributed by atoms with Crippen molar-refractivity contribution in [2.45, 2.75) is 396 Å². The van der Waals surface area contributed by atoms with E-state index in [1.165, 1.54) is 131 Å². The molecule has 8 N–H and O–H groups in total. The fraction of sp³-hybridized carbons (Fsp3) is 0.844. The average molecular weight is 2110 g/mol. The van der Waals surface area contributed by atoms with Crippen molar-refractivity contribution in [1.29, 1.82) is 0 Å². The van der Waals surface area contributed by atoms with Crippen LogP contribution in [-0.4, -0.2) is 151 Å². The van der Waals surface area contributed by atoms with Gasteiger partial charge in [0.05, 0.1) is 45.5 Å². The molecule has 20 saturated carbocycles. The maximum absolute atomic E-state index is 13.4. The first-order valence-electron chi connectivity index (χ1n) is 58.1. The minimum Gasteiger partial charge on any atom is -0.395 e. The van der Waals surface area contributed by atoms with Gasteiger partial charge in [0.25, 0.3) is 0 Å². The number of halogens is 10. The molecule has 816 valence electrons. The van der Waals surface area contributed by atoms with E-state index in [9.17, 15) is 70.2 Å². The highest BCUT2D eigenvalue weighted by molar-refractivity contribution is 9.09. The van der Waals surface area contributed by atoms with Crippen LogP contribution in [-0.2, 0) is 17.8 Å². The van der Waals surface area contributed by atoms with Gasteiger partial charge in [-0.3, -0.25) is 0 Å². The molecule has 22 rings (SSSR count). The summed E-state index contributed by atoms with van der Waals surface area (Å²) in [6, 6.07) is 0. The molecular formula is C122H179BrF9N5O9. The van der Waals surface area contributed by atoms with Crippen LogP contribution in [0.3, 0.4) is 0 Å². The van der Waals surface area contributed by atoms with Crippen molar-refractivity contribution in [2.75, 3.05) is 38.9 Å². The lowest BCUT2D eigenvalue weighted by Gasteiger charge is -2.57. The van der Waals surface area contributed by atoms with Crippen molar-refractivity contribution in [2.24, 2.45) is 205 Å². The Kier molecular flexibility index (Phi) is 33.0. The largest absolute Gasteiger partial charge is 0.417 e. The van der Waals surface area contributed by atoms with Crippen molar-refractivity contribution in [3.63, 3.8) is 0 Å². The van der Waals surface area contributed by atoms with Crippen LogP contribution in [0.1, 0.15) is 336 Å². The first kappa shape index (κ1) is 111. The summed E-state index contributed by atoms with van der Waals surface area (Å²) in [6.45, 7) is 36.7. The number of imidazole rings is 1. The number of aromatic nitrogens is 5. The number of hydrogen-bond acceptors (Lipinski definition) is 12. The summed E-state index contributed by atoms with van der Waals surface area (Å²) >= 11 is 3.59. The van der Waals surface area contributed by atoms with Crippen molar-refractivity contribution >= 4 is 15.9 Å². The Labute approximate surface area is 875 Å². The number of allylic oxidation sites excluding steroid dienone is 3. The minimum atomic E-state index is -4.51. The van der Waals surface area contributed by atoms with Gasteiger partial charge in [-0.05, 0) is 505 Å². The van der Waals surface area contributed by atoms with Gasteiger partial charge < -0.3 is 50.2 Å². The van der Waals surface area contributed by atoms with Gasteiger partial charge in [0.15, 0.2) is 16.8 Å². The van der Waals surface area contributed by atoms with Gasteiger partial charge in [-0.15, -0.1) is 5.10 Å². The molecule has 146 heavy (non-hydrogen) atoms. The number of hydrogen-bond donors (Lipinski definition) is 8. The molecule has 0 aromatic carbocycles. The van der Waals surface area contributed by atoms with Crippen LogP contribution in [0.15, 0.2) is 91.9 Å². The average Bonchev–Trinajstić information content (AvgIpc) is 1.67. The molecule has 0 saturated heterocycles. The van der Waals surface area contributed by atoms with E-state index in [1.807, 2.05) is 23.4 Å². The third-order valence-corrected chi connectivity index (χ3v) is 48.4.